The van der Waals surface area contributed by atoms with Crippen LogP contribution in [0.25, 0.3) is 0 Å². The van der Waals surface area contributed by atoms with Gasteiger partial charge in [-0.3, -0.25) is 9.59 Å². The molecule has 0 saturated carbocycles. The molecule has 0 aliphatic heterocycles. The minimum Gasteiger partial charge on any atom is -0.480 e. The lowest BCUT2D eigenvalue weighted by molar-refractivity contribution is -0.165. The summed E-state index contributed by atoms with van der Waals surface area (Å²) >= 11 is 0. The molecule has 0 radical (unpaired) electrons. The molecule has 0 unspecified atom stereocenters. The maximum absolute atomic E-state index is 12.0. The van der Waals surface area contributed by atoms with Crippen molar-refractivity contribution in [3.05, 3.63) is 70.8 Å². The molecule has 0 fully saturated rings. The van der Waals surface area contributed by atoms with Gasteiger partial charge in [0, 0.05) is 0 Å². The normalized spacial score (nSPS) is 12.5. The number of allylic oxidation sites excluding steroid dienone is 6. The minimum absolute atomic E-state index is 0.0332. The SMILES string of the molecule is CC(C)=CCCC(C)=CCCC(C)=CCC(CCCCCc1ccccc1)(C(=O)O)C(=O)O. The first-order valence-electron chi connectivity index (χ1n) is 12.1. The Labute approximate surface area is 200 Å². The van der Waals surface area contributed by atoms with Crippen LogP contribution in [0.4, 0.5) is 0 Å². The van der Waals surface area contributed by atoms with E-state index in [2.05, 4.69) is 45.1 Å². The molecule has 0 aliphatic rings. The van der Waals surface area contributed by atoms with Crippen molar-refractivity contribution in [3.8, 4) is 0 Å². The van der Waals surface area contributed by atoms with Gasteiger partial charge in [0.15, 0.2) is 5.41 Å². The summed E-state index contributed by atoms with van der Waals surface area (Å²) in [6, 6.07) is 10.1. The van der Waals surface area contributed by atoms with Gasteiger partial charge in [-0.1, -0.05) is 78.1 Å². The first-order valence-corrected chi connectivity index (χ1v) is 12.1. The van der Waals surface area contributed by atoms with Gasteiger partial charge in [-0.05, 0) is 84.6 Å². The Bertz CT molecular complexity index is 812. The number of hydrogen-bond donors (Lipinski definition) is 2. The zero-order valence-electron chi connectivity index (χ0n) is 20.9. The van der Waals surface area contributed by atoms with Crippen LogP contribution in [0.15, 0.2) is 65.3 Å². The molecule has 182 valence electrons. The van der Waals surface area contributed by atoms with Gasteiger partial charge in [-0.25, -0.2) is 0 Å². The molecule has 0 amide bonds. The smallest absolute Gasteiger partial charge is 0.321 e. The highest BCUT2D eigenvalue weighted by Crippen LogP contribution is 2.32. The molecule has 33 heavy (non-hydrogen) atoms. The lowest BCUT2D eigenvalue weighted by atomic mass is 9.78. The number of hydrogen-bond acceptors (Lipinski definition) is 2. The summed E-state index contributed by atoms with van der Waals surface area (Å²) in [7, 11) is 0. The molecule has 0 spiro atoms. The van der Waals surface area contributed by atoms with Crippen molar-refractivity contribution in [2.45, 2.75) is 91.9 Å². The molecule has 0 saturated heterocycles. The molecule has 0 aliphatic carbocycles. The number of aliphatic carboxylic acids is 2. The molecular formula is C29H42O4. The van der Waals surface area contributed by atoms with E-state index in [9.17, 15) is 19.8 Å². The van der Waals surface area contributed by atoms with E-state index >= 15 is 0 Å². The number of aryl methyl sites for hydroxylation is 1. The zero-order valence-corrected chi connectivity index (χ0v) is 20.9. The topological polar surface area (TPSA) is 74.6 Å². The van der Waals surface area contributed by atoms with Crippen LogP contribution in [0, 0.1) is 5.41 Å². The molecular weight excluding hydrogens is 412 g/mol. The summed E-state index contributed by atoms with van der Waals surface area (Å²) in [5, 5.41) is 19.6. The standard InChI is InChI=1S/C29H42O4/c1-23(2)13-11-14-24(3)15-12-16-25(4)20-22-29(27(30)31,28(32)33)21-10-6-9-19-26-17-7-5-8-18-26/h5,7-8,13,15,17-18,20H,6,9-12,14,16,19,21-22H2,1-4H3,(H,30,31)(H,32,33). The van der Waals surface area contributed by atoms with Crippen LogP contribution in [0.5, 0.6) is 0 Å². The van der Waals surface area contributed by atoms with Crippen LogP contribution in [-0.4, -0.2) is 22.2 Å². The molecule has 1 aromatic carbocycles. The third-order valence-electron chi connectivity index (χ3n) is 6.15. The van der Waals surface area contributed by atoms with E-state index in [1.165, 1.54) is 16.7 Å². The van der Waals surface area contributed by atoms with Gasteiger partial charge in [0.25, 0.3) is 0 Å². The van der Waals surface area contributed by atoms with Crippen LogP contribution in [0.1, 0.15) is 91.0 Å². The van der Waals surface area contributed by atoms with E-state index < -0.39 is 17.4 Å². The number of carboxylic acid groups (broad SMARTS) is 2. The van der Waals surface area contributed by atoms with Gasteiger partial charge >= 0.3 is 11.9 Å². The Hall–Kier alpha value is -2.62. The number of unbranched alkanes of at least 4 members (excludes halogenated alkanes) is 2. The highest BCUT2D eigenvalue weighted by atomic mass is 16.4. The van der Waals surface area contributed by atoms with Gasteiger partial charge < -0.3 is 10.2 Å². The van der Waals surface area contributed by atoms with Crippen molar-refractivity contribution >= 4 is 11.9 Å². The minimum atomic E-state index is -1.75. The van der Waals surface area contributed by atoms with E-state index in [4.69, 9.17) is 0 Å². The average molecular weight is 455 g/mol. The summed E-state index contributed by atoms with van der Waals surface area (Å²) in [6.45, 7) is 8.30. The summed E-state index contributed by atoms with van der Waals surface area (Å²) in [4.78, 5) is 24.0. The molecule has 1 aromatic rings. The van der Waals surface area contributed by atoms with Gasteiger partial charge in [-0.2, -0.15) is 0 Å². The molecule has 0 bridgehead atoms. The van der Waals surface area contributed by atoms with E-state index in [0.717, 1.165) is 50.5 Å². The number of carboxylic acids is 2. The van der Waals surface area contributed by atoms with Crippen LogP contribution in [0.2, 0.25) is 0 Å². The molecule has 0 aromatic heterocycles. The fourth-order valence-electron chi connectivity index (χ4n) is 3.85. The lowest BCUT2D eigenvalue weighted by Gasteiger charge is -2.24. The maximum atomic E-state index is 12.0. The fraction of sp³-hybridized carbons (Fsp3) is 0.517. The number of rotatable bonds is 16. The van der Waals surface area contributed by atoms with Gasteiger partial charge in [0.1, 0.15) is 0 Å². The van der Waals surface area contributed by atoms with Crippen molar-refractivity contribution in [2.75, 3.05) is 0 Å². The average Bonchev–Trinajstić information content (AvgIpc) is 2.75. The largest absolute Gasteiger partial charge is 0.480 e. The van der Waals surface area contributed by atoms with E-state index in [1.807, 2.05) is 31.2 Å². The first kappa shape index (κ1) is 28.4. The quantitative estimate of drug-likeness (QED) is 0.152. The molecule has 0 atom stereocenters. The number of carbonyl (C=O) groups is 2. The van der Waals surface area contributed by atoms with Crippen LogP contribution >= 0.6 is 0 Å². The Balaban J connectivity index is 2.58. The molecule has 0 heterocycles. The Morgan fingerprint density at radius 3 is 1.94 bits per heavy atom. The third kappa shape index (κ3) is 11.2. The Morgan fingerprint density at radius 2 is 1.36 bits per heavy atom. The van der Waals surface area contributed by atoms with Crippen molar-refractivity contribution in [3.63, 3.8) is 0 Å². The summed E-state index contributed by atoms with van der Waals surface area (Å²) in [6.07, 6.45) is 13.5. The predicted molar refractivity (Wildman–Crippen MR) is 136 cm³/mol. The second kappa shape index (κ2) is 15.3. The second-order valence-corrected chi connectivity index (χ2v) is 9.40. The number of benzene rings is 1. The Kier molecular flexibility index (Phi) is 13.1. The lowest BCUT2D eigenvalue weighted by Crippen LogP contribution is -2.39. The highest BCUT2D eigenvalue weighted by molar-refractivity contribution is 5.98. The second-order valence-electron chi connectivity index (χ2n) is 9.40. The van der Waals surface area contributed by atoms with E-state index in [1.54, 1.807) is 0 Å². The molecule has 4 heteroatoms. The van der Waals surface area contributed by atoms with Gasteiger partial charge in [-0.15, -0.1) is 0 Å². The van der Waals surface area contributed by atoms with E-state index in [-0.39, 0.29) is 12.8 Å². The summed E-state index contributed by atoms with van der Waals surface area (Å²) < 4.78 is 0. The third-order valence-corrected chi connectivity index (χ3v) is 6.15. The highest BCUT2D eigenvalue weighted by Gasteiger charge is 2.44. The fourth-order valence-corrected chi connectivity index (χ4v) is 3.85. The maximum Gasteiger partial charge on any atom is 0.321 e. The van der Waals surface area contributed by atoms with Crippen molar-refractivity contribution in [1.29, 1.82) is 0 Å². The molecule has 1 rings (SSSR count). The van der Waals surface area contributed by atoms with Crippen molar-refractivity contribution in [2.24, 2.45) is 5.41 Å². The molecule has 2 N–H and O–H groups in total. The summed E-state index contributed by atoms with van der Waals surface area (Å²) in [5.74, 6) is -2.48. The van der Waals surface area contributed by atoms with Crippen LogP contribution in [-0.2, 0) is 16.0 Å². The van der Waals surface area contributed by atoms with Crippen LogP contribution < -0.4 is 0 Å². The zero-order chi connectivity index (χ0) is 24.7. The predicted octanol–water partition coefficient (Wildman–Crippen LogP) is 7.75. The monoisotopic (exact) mass is 454 g/mol. The van der Waals surface area contributed by atoms with E-state index in [0.29, 0.717) is 6.42 Å². The van der Waals surface area contributed by atoms with Gasteiger partial charge in [0.2, 0.25) is 0 Å². The van der Waals surface area contributed by atoms with Crippen LogP contribution in [0.3, 0.4) is 0 Å². The molecule has 4 nitrogen and oxygen atoms in total. The van der Waals surface area contributed by atoms with Gasteiger partial charge in [0.05, 0.1) is 0 Å². The first-order chi connectivity index (χ1) is 15.7. The summed E-state index contributed by atoms with van der Waals surface area (Å²) in [5.41, 5.74) is 3.23. The van der Waals surface area contributed by atoms with Crippen molar-refractivity contribution in [1.82, 2.24) is 0 Å². The van der Waals surface area contributed by atoms with Crippen molar-refractivity contribution < 1.29 is 19.8 Å². The Morgan fingerprint density at radius 1 is 0.788 bits per heavy atom.